The van der Waals surface area contributed by atoms with Crippen molar-refractivity contribution in [3.63, 3.8) is 0 Å². The molecule has 0 radical (unpaired) electrons. The van der Waals surface area contributed by atoms with Crippen LogP contribution in [0, 0.1) is 0 Å². The third-order valence-corrected chi connectivity index (χ3v) is 9.66. The molecular formula is C12H25N3OSi. The van der Waals surface area contributed by atoms with E-state index in [4.69, 9.17) is 4.43 Å². The molecule has 1 rings (SSSR count). The Labute approximate surface area is 106 Å². The Kier molecular flexibility index (Phi) is 4.88. The lowest BCUT2D eigenvalue weighted by atomic mass is 10.5. The molecule has 0 bridgehead atoms. The van der Waals surface area contributed by atoms with Gasteiger partial charge in [0.05, 0.1) is 0 Å². The first-order valence-electron chi connectivity index (χ1n) is 6.37. The molecule has 0 unspecified atom stereocenters. The summed E-state index contributed by atoms with van der Waals surface area (Å²) in [7, 11) is -1.77. The first kappa shape index (κ1) is 14.4. The largest absolute Gasteiger partial charge is 0.397 e. The number of nitrogens with zero attached hydrogens (tertiary/aromatic N) is 3. The van der Waals surface area contributed by atoms with Gasteiger partial charge in [-0.25, -0.2) is 9.67 Å². The van der Waals surface area contributed by atoms with Crippen molar-refractivity contribution in [3.8, 4) is 0 Å². The van der Waals surface area contributed by atoms with Crippen LogP contribution in [0.25, 0.3) is 0 Å². The van der Waals surface area contributed by atoms with E-state index in [1.165, 1.54) is 0 Å². The van der Waals surface area contributed by atoms with Crippen molar-refractivity contribution in [2.75, 3.05) is 0 Å². The van der Waals surface area contributed by atoms with Gasteiger partial charge in [0.15, 0.2) is 0 Å². The molecule has 0 saturated carbocycles. The molecule has 0 fully saturated rings. The second-order valence-electron chi connectivity index (χ2n) is 5.53. The second kappa shape index (κ2) is 5.77. The van der Waals surface area contributed by atoms with Gasteiger partial charge >= 0.3 is 0 Å². The Bertz CT molecular complexity index is 301. The highest BCUT2D eigenvalue weighted by molar-refractivity contribution is 6.77. The smallest absolute Gasteiger partial charge is 0.202 e. The van der Waals surface area contributed by atoms with E-state index in [0.29, 0.717) is 23.4 Å². The minimum Gasteiger partial charge on any atom is -0.397 e. The van der Waals surface area contributed by atoms with Crippen LogP contribution in [0.2, 0.25) is 16.6 Å². The molecule has 1 aromatic rings. The molecule has 1 heterocycles. The number of rotatable bonds is 6. The number of hydrogen-bond donors (Lipinski definition) is 0. The zero-order valence-corrected chi connectivity index (χ0v) is 12.8. The Morgan fingerprint density at radius 3 is 1.94 bits per heavy atom. The van der Waals surface area contributed by atoms with Gasteiger partial charge in [-0.1, -0.05) is 41.5 Å². The van der Waals surface area contributed by atoms with Crippen molar-refractivity contribution in [1.82, 2.24) is 14.8 Å². The molecule has 0 aromatic carbocycles. The van der Waals surface area contributed by atoms with Crippen LogP contribution in [0.1, 0.15) is 41.5 Å². The summed E-state index contributed by atoms with van der Waals surface area (Å²) in [5, 5.41) is 4.10. The molecule has 17 heavy (non-hydrogen) atoms. The van der Waals surface area contributed by atoms with Crippen LogP contribution in [0.5, 0.6) is 0 Å². The molecule has 4 nitrogen and oxygen atoms in total. The first-order chi connectivity index (χ1) is 7.91. The van der Waals surface area contributed by atoms with Gasteiger partial charge in [-0.2, -0.15) is 5.10 Å². The van der Waals surface area contributed by atoms with E-state index < -0.39 is 8.32 Å². The van der Waals surface area contributed by atoms with E-state index in [2.05, 4.69) is 51.6 Å². The molecule has 1 aromatic heterocycles. The summed E-state index contributed by atoms with van der Waals surface area (Å²) in [6, 6.07) is 0. The van der Waals surface area contributed by atoms with Crippen LogP contribution in [0.4, 0.5) is 0 Å². The highest BCUT2D eigenvalue weighted by Gasteiger charge is 2.45. The molecule has 0 aliphatic heterocycles. The van der Waals surface area contributed by atoms with E-state index in [9.17, 15) is 0 Å². The Balaban J connectivity index is 2.83. The summed E-state index contributed by atoms with van der Waals surface area (Å²) in [5.41, 5.74) is 1.81. The Morgan fingerprint density at radius 1 is 1.06 bits per heavy atom. The lowest BCUT2D eigenvalue weighted by Gasteiger charge is -2.41. The maximum atomic E-state index is 6.36. The maximum Gasteiger partial charge on any atom is 0.202 e. The van der Waals surface area contributed by atoms with Crippen LogP contribution in [0.3, 0.4) is 0 Å². The van der Waals surface area contributed by atoms with Gasteiger partial charge in [0, 0.05) is 0 Å². The summed E-state index contributed by atoms with van der Waals surface area (Å²) < 4.78 is 8.12. The molecule has 0 spiro atoms. The van der Waals surface area contributed by atoms with Gasteiger partial charge in [0.25, 0.3) is 0 Å². The lowest BCUT2D eigenvalue weighted by molar-refractivity contribution is 0.191. The molecule has 0 aliphatic rings. The summed E-state index contributed by atoms with van der Waals surface area (Å²) in [6.07, 6.45) is 3.26. The monoisotopic (exact) mass is 255 g/mol. The van der Waals surface area contributed by atoms with Crippen molar-refractivity contribution in [1.29, 1.82) is 0 Å². The minimum atomic E-state index is -1.77. The van der Waals surface area contributed by atoms with Crippen LogP contribution < -0.4 is 0 Å². The number of aromatic nitrogens is 3. The highest BCUT2D eigenvalue weighted by Crippen LogP contribution is 2.42. The van der Waals surface area contributed by atoms with Gasteiger partial charge < -0.3 is 4.43 Å². The third-order valence-electron chi connectivity index (χ3n) is 3.62. The quantitative estimate of drug-likeness (QED) is 0.731. The van der Waals surface area contributed by atoms with Crippen molar-refractivity contribution >= 4 is 8.32 Å². The van der Waals surface area contributed by atoms with Crippen molar-refractivity contribution in [2.45, 2.75) is 64.9 Å². The number of hydrogen-bond acceptors (Lipinski definition) is 3. The fourth-order valence-electron chi connectivity index (χ4n) is 2.98. The predicted octanol–water partition coefficient (Wildman–Crippen LogP) is 3.43. The molecule has 0 amide bonds. The van der Waals surface area contributed by atoms with E-state index >= 15 is 0 Å². The highest BCUT2D eigenvalue weighted by atomic mass is 28.4. The van der Waals surface area contributed by atoms with Gasteiger partial charge in [-0.3, -0.25) is 0 Å². The van der Waals surface area contributed by atoms with E-state index in [-0.39, 0.29) is 0 Å². The summed E-state index contributed by atoms with van der Waals surface area (Å²) in [4.78, 5) is 3.94. The maximum absolute atomic E-state index is 6.36. The van der Waals surface area contributed by atoms with Crippen molar-refractivity contribution in [2.24, 2.45) is 0 Å². The normalized spacial score (nSPS) is 13.0. The van der Waals surface area contributed by atoms with Gasteiger partial charge in [0.1, 0.15) is 19.4 Å². The second-order valence-corrected chi connectivity index (χ2v) is 11.0. The first-order valence-corrected chi connectivity index (χ1v) is 8.51. The lowest BCUT2D eigenvalue weighted by Crippen LogP contribution is -2.48. The zero-order valence-electron chi connectivity index (χ0n) is 11.8. The van der Waals surface area contributed by atoms with E-state index in [1.807, 2.05) is 0 Å². The van der Waals surface area contributed by atoms with Crippen molar-refractivity contribution in [3.05, 3.63) is 12.7 Å². The standard InChI is InChI=1S/C12H25N3OSi/c1-10(2)17(11(3)4,12(5)6)16-9-15-8-13-7-14-15/h7-8,10-12H,9H2,1-6H3. The van der Waals surface area contributed by atoms with Crippen LogP contribution in [-0.4, -0.2) is 23.1 Å². The van der Waals surface area contributed by atoms with E-state index in [1.54, 1.807) is 17.3 Å². The fraction of sp³-hybridized carbons (Fsp3) is 0.833. The van der Waals surface area contributed by atoms with Crippen LogP contribution in [-0.2, 0) is 11.2 Å². The van der Waals surface area contributed by atoms with Crippen LogP contribution in [0.15, 0.2) is 12.7 Å². The third kappa shape index (κ3) is 2.96. The molecule has 98 valence electrons. The fourth-order valence-corrected chi connectivity index (χ4v) is 8.33. The molecular weight excluding hydrogens is 230 g/mol. The van der Waals surface area contributed by atoms with Gasteiger partial charge in [-0.05, 0) is 16.6 Å². The summed E-state index contributed by atoms with van der Waals surface area (Å²) >= 11 is 0. The summed E-state index contributed by atoms with van der Waals surface area (Å²) in [6.45, 7) is 14.2. The molecule has 0 N–H and O–H groups in total. The minimum absolute atomic E-state index is 0.529. The van der Waals surface area contributed by atoms with Gasteiger partial charge in [-0.15, -0.1) is 0 Å². The topological polar surface area (TPSA) is 39.9 Å². The molecule has 0 atom stereocenters. The zero-order chi connectivity index (χ0) is 13.1. The van der Waals surface area contributed by atoms with E-state index in [0.717, 1.165) is 0 Å². The molecule has 0 aliphatic carbocycles. The molecule has 0 saturated heterocycles. The van der Waals surface area contributed by atoms with Gasteiger partial charge in [0.2, 0.25) is 8.32 Å². The average Bonchev–Trinajstić information content (AvgIpc) is 2.69. The summed E-state index contributed by atoms with van der Waals surface area (Å²) in [5.74, 6) is 0. The average molecular weight is 255 g/mol. The van der Waals surface area contributed by atoms with Crippen LogP contribution >= 0.6 is 0 Å². The van der Waals surface area contributed by atoms with Crippen molar-refractivity contribution < 1.29 is 4.43 Å². The SMILES string of the molecule is CC(C)[Si](OCn1cncn1)(C(C)C)C(C)C. The Morgan fingerprint density at radius 2 is 1.59 bits per heavy atom. The molecule has 5 heteroatoms. The Hall–Kier alpha value is -0.683. The predicted molar refractivity (Wildman–Crippen MR) is 72.2 cm³/mol.